The van der Waals surface area contributed by atoms with Crippen LogP contribution in [-0.2, 0) is 18.8 Å². The number of carbonyl (C=O) groups excluding carboxylic acids is 1. The normalized spacial score (nSPS) is 22.8. The van der Waals surface area contributed by atoms with Crippen molar-refractivity contribution in [3.05, 3.63) is 34.1 Å². The molecule has 0 saturated heterocycles. The van der Waals surface area contributed by atoms with Crippen molar-refractivity contribution < 1.29 is 23.2 Å². The summed E-state index contributed by atoms with van der Waals surface area (Å²) in [6, 6.07) is 4.04. The van der Waals surface area contributed by atoms with Crippen LogP contribution in [0.15, 0.2) is 37.6 Å². The van der Waals surface area contributed by atoms with E-state index in [9.17, 15) is 9.18 Å². The number of halogens is 2. The fraction of sp³-hybridized carbons (Fsp3) is 0.600. The quantitative estimate of drug-likeness (QED) is 0.194. The molecule has 0 aromatic heterocycles. The minimum absolute atomic E-state index is 0.0614. The Morgan fingerprint density at radius 1 is 1.32 bits per heavy atom. The summed E-state index contributed by atoms with van der Waals surface area (Å²) in [6.07, 6.45) is 0.149. The Bertz CT molecular complexity index is 1110. The number of benzene rings is 1. The first-order chi connectivity index (χ1) is 17.2. The van der Waals surface area contributed by atoms with Crippen LogP contribution in [0.3, 0.4) is 0 Å². The molecule has 0 amide bonds. The van der Waals surface area contributed by atoms with Crippen LogP contribution in [0.2, 0.25) is 18.1 Å². The Kier molecular flexibility index (Phi) is 9.30. The minimum atomic E-state index is -2.21. The van der Waals surface area contributed by atoms with Gasteiger partial charge in [-0.15, -0.1) is 0 Å². The fourth-order valence-electron chi connectivity index (χ4n) is 4.14. The summed E-state index contributed by atoms with van der Waals surface area (Å²) in [4.78, 5) is 32.0. The summed E-state index contributed by atoms with van der Waals surface area (Å²) in [5, 5.41) is -0.0614. The summed E-state index contributed by atoms with van der Waals surface area (Å²) < 4.78 is 25.6. The van der Waals surface area contributed by atoms with E-state index in [1.807, 2.05) is 6.92 Å². The van der Waals surface area contributed by atoms with Gasteiger partial charge in [0.2, 0.25) is 5.96 Å². The first-order valence-electron chi connectivity index (χ1n) is 12.3. The van der Waals surface area contributed by atoms with Gasteiger partial charge in [0.05, 0.1) is 31.7 Å². The van der Waals surface area contributed by atoms with Gasteiger partial charge in [0, 0.05) is 16.6 Å². The lowest BCUT2D eigenvalue weighted by molar-refractivity contribution is -0.150. The van der Waals surface area contributed by atoms with Gasteiger partial charge in [-0.2, -0.15) is 0 Å². The number of nitrogens with zero attached hydrogens (tertiary/aromatic N) is 3. The number of guanidine groups is 1. The molecule has 1 aromatic rings. The minimum Gasteiger partial charge on any atom is -0.467 e. The molecule has 2 unspecified atom stereocenters. The number of hydroxylamine groups is 1. The average Bonchev–Trinajstić information content (AvgIpc) is 2.78. The van der Waals surface area contributed by atoms with Crippen LogP contribution in [-0.4, -0.2) is 57.7 Å². The Labute approximate surface area is 227 Å². The van der Waals surface area contributed by atoms with Gasteiger partial charge < -0.3 is 14.9 Å². The lowest BCUT2D eigenvalue weighted by atomic mass is 9.84. The monoisotopic (exact) mass is 597 g/mol. The molecular formula is C25H37BrFN5O4Si. The highest BCUT2D eigenvalue weighted by Crippen LogP contribution is 2.39. The van der Waals surface area contributed by atoms with Crippen molar-refractivity contribution in [2.75, 3.05) is 13.7 Å². The van der Waals surface area contributed by atoms with E-state index in [1.54, 1.807) is 6.07 Å². The largest absolute Gasteiger partial charge is 0.467 e. The SMILES string of the molecule is COC(=O)[C@H](CCONC1=NC(c2ccc(F)cc2Br)C[C@H]2N=C(N)N=C(C)C12)O[Si](C)(C)C(C)(C)C. The van der Waals surface area contributed by atoms with Gasteiger partial charge in [-0.25, -0.2) is 19.2 Å². The van der Waals surface area contributed by atoms with E-state index in [-0.39, 0.29) is 41.4 Å². The number of esters is 1. The number of carbonyl (C=O) groups is 1. The van der Waals surface area contributed by atoms with Crippen LogP contribution in [0.1, 0.15) is 52.1 Å². The molecule has 0 aliphatic carbocycles. The van der Waals surface area contributed by atoms with Gasteiger partial charge in [-0.1, -0.05) is 42.8 Å². The van der Waals surface area contributed by atoms with Crippen LogP contribution in [0, 0.1) is 11.7 Å². The second-order valence-corrected chi connectivity index (χ2v) is 16.5. The van der Waals surface area contributed by atoms with E-state index in [2.05, 4.69) is 65.3 Å². The number of aliphatic imine (C=N–C) groups is 3. The standard InChI is InChI=1S/C25H37BrFN5O4Si/c1-14-21-19(31-24(28)29-14)13-18(16-9-8-15(27)12-17(16)26)30-22(21)32-35-11-10-20(23(33)34-5)36-37(6,7)25(2,3)4/h8-9,12,18-21H,10-11,13H2,1-7H3,(H2,28,31)(H,30,32)/t18?,19-,20+,21?/m1/s1. The van der Waals surface area contributed by atoms with Crippen molar-refractivity contribution in [3.63, 3.8) is 0 Å². The van der Waals surface area contributed by atoms with E-state index in [0.29, 0.717) is 23.1 Å². The van der Waals surface area contributed by atoms with E-state index in [1.165, 1.54) is 19.2 Å². The van der Waals surface area contributed by atoms with Crippen LogP contribution in [0.4, 0.5) is 4.39 Å². The summed E-state index contributed by atoms with van der Waals surface area (Å²) in [7, 11) is -0.856. The molecule has 3 rings (SSSR count). The third kappa shape index (κ3) is 7.04. The smallest absolute Gasteiger partial charge is 0.333 e. The maximum absolute atomic E-state index is 13.7. The molecule has 4 atom stereocenters. The summed E-state index contributed by atoms with van der Waals surface area (Å²) >= 11 is 3.45. The molecule has 12 heteroatoms. The molecule has 0 fully saturated rings. The molecule has 2 heterocycles. The van der Waals surface area contributed by atoms with Crippen molar-refractivity contribution >= 4 is 47.7 Å². The van der Waals surface area contributed by atoms with Crippen molar-refractivity contribution in [2.24, 2.45) is 26.6 Å². The highest BCUT2D eigenvalue weighted by molar-refractivity contribution is 9.10. The van der Waals surface area contributed by atoms with Gasteiger partial charge in [0.1, 0.15) is 17.8 Å². The number of amidine groups is 1. The van der Waals surface area contributed by atoms with Crippen molar-refractivity contribution in [2.45, 2.75) is 76.9 Å². The Morgan fingerprint density at radius 2 is 2.03 bits per heavy atom. The van der Waals surface area contributed by atoms with Gasteiger partial charge in [0.25, 0.3) is 0 Å². The first kappa shape index (κ1) is 29.4. The molecule has 0 spiro atoms. The molecular weight excluding hydrogens is 561 g/mol. The van der Waals surface area contributed by atoms with Gasteiger partial charge in [-0.3, -0.25) is 15.3 Å². The molecule has 1 aromatic carbocycles. The van der Waals surface area contributed by atoms with Crippen LogP contribution < -0.4 is 11.2 Å². The van der Waals surface area contributed by atoms with Gasteiger partial charge in [-0.05, 0) is 49.2 Å². The fourth-order valence-corrected chi connectivity index (χ4v) is 6.03. The second kappa shape index (κ2) is 11.7. The van der Waals surface area contributed by atoms with Crippen molar-refractivity contribution in [3.8, 4) is 0 Å². The molecule has 0 radical (unpaired) electrons. The van der Waals surface area contributed by atoms with Crippen molar-refractivity contribution in [1.29, 1.82) is 0 Å². The molecule has 0 saturated carbocycles. The Morgan fingerprint density at radius 3 is 2.65 bits per heavy atom. The molecule has 3 N–H and O–H groups in total. The third-order valence-corrected chi connectivity index (χ3v) is 12.3. The maximum Gasteiger partial charge on any atom is 0.333 e. The van der Waals surface area contributed by atoms with E-state index < -0.39 is 20.4 Å². The number of nitrogens with two attached hydrogens (primary N) is 1. The number of methoxy groups -OCH3 is 1. The lowest BCUT2D eigenvalue weighted by Gasteiger charge is -2.38. The molecule has 204 valence electrons. The molecule has 9 nitrogen and oxygen atoms in total. The van der Waals surface area contributed by atoms with Gasteiger partial charge >= 0.3 is 5.97 Å². The second-order valence-electron chi connectivity index (χ2n) is 10.8. The van der Waals surface area contributed by atoms with E-state index >= 15 is 0 Å². The zero-order valence-electron chi connectivity index (χ0n) is 22.5. The topological polar surface area (TPSA) is 120 Å². The molecule has 2 aliphatic rings. The first-order valence-corrected chi connectivity index (χ1v) is 16.0. The van der Waals surface area contributed by atoms with Crippen LogP contribution >= 0.6 is 15.9 Å². The van der Waals surface area contributed by atoms with E-state index in [4.69, 9.17) is 24.7 Å². The molecule has 2 aliphatic heterocycles. The Hall–Kier alpha value is -2.15. The Balaban J connectivity index is 1.75. The van der Waals surface area contributed by atoms with Gasteiger partial charge in [0.15, 0.2) is 8.32 Å². The number of fused-ring (bicyclic) bond motifs is 1. The predicted molar refractivity (Wildman–Crippen MR) is 149 cm³/mol. The third-order valence-electron chi connectivity index (χ3n) is 7.17. The number of ether oxygens (including phenoxy) is 1. The van der Waals surface area contributed by atoms with Crippen molar-refractivity contribution in [1.82, 2.24) is 5.48 Å². The number of nitrogens with one attached hydrogen (secondary N) is 1. The van der Waals surface area contributed by atoms with Crippen LogP contribution in [0.25, 0.3) is 0 Å². The number of hydrogen-bond donors (Lipinski definition) is 2. The summed E-state index contributed by atoms with van der Waals surface area (Å²) in [5.74, 6) is -0.221. The van der Waals surface area contributed by atoms with E-state index in [0.717, 1.165) is 11.3 Å². The average molecular weight is 599 g/mol. The molecule has 0 bridgehead atoms. The maximum atomic E-state index is 13.7. The lowest BCUT2D eigenvalue weighted by Crippen LogP contribution is -2.48. The highest BCUT2D eigenvalue weighted by atomic mass is 79.9. The summed E-state index contributed by atoms with van der Waals surface area (Å²) in [5.41, 5.74) is 10.5. The van der Waals surface area contributed by atoms with Crippen LogP contribution in [0.5, 0.6) is 0 Å². The zero-order valence-corrected chi connectivity index (χ0v) is 25.1. The highest BCUT2D eigenvalue weighted by Gasteiger charge is 2.41. The number of rotatable bonds is 8. The number of hydrogen-bond acceptors (Lipinski definition) is 9. The summed E-state index contributed by atoms with van der Waals surface area (Å²) in [6.45, 7) is 12.6. The zero-order chi connectivity index (χ0) is 27.5. The molecule has 37 heavy (non-hydrogen) atoms. The predicted octanol–water partition coefficient (Wildman–Crippen LogP) is 4.68.